The fourth-order valence-corrected chi connectivity index (χ4v) is 2.63. The van der Waals surface area contributed by atoms with Crippen LogP contribution in [0.4, 0.5) is 13.2 Å². The number of rotatable bonds is 6. The first kappa shape index (κ1) is 20.6. The number of amides is 1. The van der Waals surface area contributed by atoms with E-state index in [9.17, 15) is 18.0 Å². The highest BCUT2D eigenvalue weighted by Gasteiger charge is 2.30. The van der Waals surface area contributed by atoms with Crippen LogP contribution in [-0.4, -0.2) is 43.1 Å². The topological polar surface area (TPSA) is 41.6 Å². The van der Waals surface area contributed by atoms with E-state index in [4.69, 9.17) is 4.74 Å². The van der Waals surface area contributed by atoms with Crippen molar-refractivity contribution in [2.75, 3.05) is 26.2 Å². The summed E-state index contributed by atoms with van der Waals surface area (Å²) < 4.78 is 42.8. The van der Waals surface area contributed by atoms with Crippen molar-refractivity contribution in [2.24, 2.45) is 0 Å². The molecule has 0 bridgehead atoms. The van der Waals surface area contributed by atoms with Gasteiger partial charge in [-0.2, -0.15) is 13.2 Å². The molecule has 1 aromatic carbocycles. The first-order chi connectivity index (χ1) is 10.9. The van der Waals surface area contributed by atoms with Crippen LogP contribution in [0.1, 0.15) is 25.3 Å². The van der Waals surface area contributed by atoms with Gasteiger partial charge in [0.1, 0.15) is 5.75 Å². The van der Waals surface area contributed by atoms with Gasteiger partial charge < -0.3 is 15.0 Å². The Balaban J connectivity index is 0.00000288. The zero-order chi connectivity index (χ0) is 16.9. The van der Waals surface area contributed by atoms with E-state index in [0.29, 0.717) is 6.54 Å². The molecule has 24 heavy (non-hydrogen) atoms. The lowest BCUT2D eigenvalue weighted by Gasteiger charge is -2.28. The third-order valence-corrected chi connectivity index (χ3v) is 3.80. The van der Waals surface area contributed by atoms with Gasteiger partial charge in [-0.1, -0.05) is 6.92 Å². The molecule has 0 aliphatic carbocycles. The van der Waals surface area contributed by atoms with Gasteiger partial charge >= 0.3 is 6.18 Å². The molecule has 1 unspecified atom stereocenters. The summed E-state index contributed by atoms with van der Waals surface area (Å²) >= 11 is 0. The maximum Gasteiger partial charge on any atom is 0.416 e. The first-order valence-electron chi connectivity index (χ1n) is 7.72. The van der Waals surface area contributed by atoms with Crippen molar-refractivity contribution >= 4 is 18.3 Å². The van der Waals surface area contributed by atoms with Crippen LogP contribution in [0, 0.1) is 0 Å². The van der Waals surface area contributed by atoms with Crippen molar-refractivity contribution in [1.29, 1.82) is 0 Å². The average Bonchev–Trinajstić information content (AvgIpc) is 3.04. The Morgan fingerprint density at radius 1 is 1.33 bits per heavy atom. The fraction of sp³-hybridized carbons (Fsp3) is 0.562. The largest absolute Gasteiger partial charge is 0.484 e. The van der Waals surface area contributed by atoms with E-state index in [1.807, 2.05) is 6.92 Å². The Morgan fingerprint density at radius 3 is 2.50 bits per heavy atom. The highest BCUT2D eigenvalue weighted by atomic mass is 35.5. The van der Waals surface area contributed by atoms with Gasteiger partial charge in [-0.25, -0.2) is 0 Å². The zero-order valence-corrected chi connectivity index (χ0v) is 14.3. The molecule has 0 aromatic heterocycles. The quantitative estimate of drug-likeness (QED) is 0.841. The maximum absolute atomic E-state index is 12.5. The van der Waals surface area contributed by atoms with Gasteiger partial charge in [0.2, 0.25) is 0 Å². The van der Waals surface area contributed by atoms with Crippen LogP contribution in [0.25, 0.3) is 0 Å². The number of carbonyl (C=O) groups is 1. The Morgan fingerprint density at radius 2 is 2.00 bits per heavy atom. The van der Waals surface area contributed by atoms with Gasteiger partial charge in [0, 0.05) is 19.1 Å². The number of nitrogens with one attached hydrogen (secondary N) is 1. The summed E-state index contributed by atoms with van der Waals surface area (Å²) in [5.41, 5.74) is -0.735. The number of alkyl halides is 3. The van der Waals surface area contributed by atoms with Crippen molar-refractivity contribution in [3.05, 3.63) is 29.8 Å². The minimum absolute atomic E-state index is 0. The Labute approximate surface area is 145 Å². The summed E-state index contributed by atoms with van der Waals surface area (Å²) in [5, 5.41) is 3.22. The lowest BCUT2D eigenvalue weighted by atomic mass is 10.2. The molecule has 1 heterocycles. The second kappa shape index (κ2) is 9.13. The molecule has 0 radical (unpaired) electrons. The Bertz CT molecular complexity index is 517. The molecule has 2 rings (SSSR count). The molecular formula is C16H22ClF3N2O2. The van der Waals surface area contributed by atoms with Crippen LogP contribution >= 0.6 is 12.4 Å². The minimum atomic E-state index is -4.37. The normalized spacial score (nSPS) is 17.2. The predicted octanol–water partition coefficient (Wildman–Crippen LogP) is 3.11. The van der Waals surface area contributed by atoms with E-state index in [1.165, 1.54) is 12.1 Å². The second-order valence-corrected chi connectivity index (χ2v) is 5.54. The van der Waals surface area contributed by atoms with Crippen LogP contribution in [0.15, 0.2) is 24.3 Å². The Kier molecular flexibility index (Phi) is 7.83. The van der Waals surface area contributed by atoms with Crippen LogP contribution in [0.5, 0.6) is 5.75 Å². The van der Waals surface area contributed by atoms with Gasteiger partial charge in [-0.05, 0) is 43.7 Å². The summed E-state index contributed by atoms with van der Waals surface area (Å²) in [6, 6.07) is 4.53. The molecule has 1 saturated heterocycles. The summed E-state index contributed by atoms with van der Waals surface area (Å²) in [6.07, 6.45) is -2.61. The summed E-state index contributed by atoms with van der Waals surface area (Å²) in [7, 11) is 0. The molecule has 0 spiro atoms. The number of hydrogen-bond donors (Lipinski definition) is 1. The molecule has 1 aliphatic heterocycles. The molecule has 1 aromatic rings. The number of benzene rings is 1. The lowest BCUT2D eigenvalue weighted by molar-refractivity contribution is -0.138. The Hall–Kier alpha value is -1.47. The van der Waals surface area contributed by atoms with Crippen molar-refractivity contribution in [3.8, 4) is 5.75 Å². The molecule has 1 aliphatic rings. The second-order valence-electron chi connectivity index (χ2n) is 5.54. The third kappa shape index (κ3) is 5.56. The van der Waals surface area contributed by atoms with Crippen molar-refractivity contribution < 1.29 is 22.7 Å². The maximum atomic E-state index is 12.5. The highest BCUT2D eigenvalue weighted by Crippen LogP contribution is 2.30. The van der Waals surface area contributed by atoms with E-state index in [-0.39, 0.29) is 36.7 Å². The van der Waals surface area contributed by atoms with E-state index >= 15 is 0 Å². The molecule has 136 valence electrons. The SMILES string of the molecule is CCCN(C(=O)COc1ccc(C(F)(F)F)cc1)C1CCNC1.Cl. The zero-order valence-electron chi connectivity index (χ0n) is 13.4. The van der Waals surface area contributed by atoms with Gasteiger partial charge in [0.25, 0.3) is 5.91 Å². The van der Waals surface area contributed by atoms with Gasteiger partial charge in [-0.15, -0.1) is 12.4 Å². The van der Waals surface area contributed by atoms with Gasteiger partial charge in [-0.3, -0.25) is 4.79 Å². The fourth-order valence-electron chi connectivity index (χ4n) is 2.63. The summed E-state index contributed by atoms with van der Waals surface area (Å²) in [5.74, 6) is 0.118. The van der Waals surface area contributed by atoms with Crippen LogP contribution in [0.3, 0.4) is 0 Å². The summed E-state index contributed by atoms with van der Waals surface area (Å²) in [6.45, 7) is 4.15. The molecule has 1 N–H and O–H groups in total. The number of halogens is 4. The van der Waals surface area contributed by atoms with Crippen molar-refractivity contribution in [1.82, 2.24) is 10.2 Å². The van der Waals surface area contributed by atoms with Crippen molar-refractivity contribution in [2.45, 2.75) is 32.0 Å². The van der Waals surface area contributed by atoms with Crippen LogP contribution in [0.2, 0.25) is 0 Å². The molecule has 1 fully saturated rings. The van der Waals surface area contributed by atoms with E-state index < -0.39 is 11.7 Å². The third-order valence-electron chi connectivity index (χ3n) is 3.80. The number of hydrogen-bond acceptors (Lipinski definition) is 3. The first-order valence-corrected chi connectivity index (χ1v) is 7.72. The van der Waals surface area contributed by atoms with Crippen molar-refractivity contribution in [3.63, 3.8) is 0 Å². The predicted molar refractivity (Wildman–Crippen MR) is 87.5 cm³/mol. The molecule has 4 nitrogen and oxygen atoms in total. The summed E-state index contributed by atoms with van der Waals surface area (Å²) in [4.78, 5) is 14.1. The monoisotopic (exact) mass is 366 g/mol. The smallest absolute Gasteiger partial charge is 0.416 e. The van der Waals surface area contributed by atoms with Gasteiger partial charge in [0.15, 0.2) is 6.61 Å². The standard InChI is InChI=1S/C16H21F3N2O2.ClH/c1-2-9-21(13-7-8-20-10-13)15(22)11-23-14-5-3-12(4-6-14)16(17,18)19;/h3-6,13,20H,2,7-11H2,1H3;1H. The van der Waals surface area contributed by atoms with Crippen LogP contribution < -0.4 is 10.1 Å². The molecule has 1 amide bonds. The highest BCUT2D eigenvalue weighted by molar-refractivity contribution is 5.85. The van der Waals surface area contributed by atoms with Crippen LogP contribution in [-0.2, 0) is 11.0 Å². The average molecular weight is 367 g/mol. The lowest BCUT2D eigenvalue weighted by Crippen LogP contribution is -2.44. The number of ether oxygens (including phenoxy) is 1. The molecule has 1 atom stereocenters. The van der Waals surface area contributed by atoms with E-state index in [0.717, 1.165) is 38.1 Å². The van der Waals surface area contributed by atoms with E-state index in [1.54, 1.807) is 4.90 Å². The number of carbonyl (C=O) groups excluding carboxylic acids is 1. The van der Waals surface area contributed by atoms with E-state index in [2.05, 4.69) is 5.32 Å². The van der Waals surface area contributed by atoms with Gasteiger partial charge in [0.05, 0.1) is 5.56 Å². The number of nitrogens with zero attached hydrogens (tertiary/aromatic N) is 1. The molecular weight excluding hydrogens is 345 g/mol. The minimum Gasteiger partial charge on any atom is -0.484 e. The molecule has 8 heteroatoms. The molecule has 0 saturated carbocycles.